The van der Waals surface area contributed by atoms with Gasteiger partial charge in [0, 0.05) is 0 Å². The number of benzene rings is 1. The zero-order chi connectivity index (χ0) is 22.1. The van der Waals surface area contributed by atoms with Crippen molar-refractivity contribution in [3.8, 4) is 11.5 Å². The van der Waals surface area contributed by atoms with Crippen LogP contribution in [0.3, 0.4) is 0 Å². The summed E-state index contributed by atoms with van der Waals surface area (Å²) in [7, 11) is 1.58. The second kappa shape index (κ2) is 11.5. The molecule has 1 amide bonds. The molecule has 1 atom stereocenters. The molecule has 0 bridgehead atoms. The van der Waals surface area contributed by atoms with Crippen LogP contribution in [0.5, 0.6) is 11.5 Å². The minimum absolute atomic E-state index is 0.213. The highest BCUT2D eigenvalue weighted by atomic mass is 35.5. The van der Waals surface area contributed by atoms with Crippen LogP contribution >= 0.6 is 11.6 Å². The van der Waals surface area contributed by atoms with Crippen LogP contribution in [-0.4, -0.2) is 42.7 Å². The maximum absolute atomic E-state index is 12.1. The fourth-order valence-electron chi connectivity index (χ4n) is 2.74. The van der Waals surface area contributed by atoms with Crippen molar-refractivity contribution >= 4 is 17.7 Å². The van der Waals surface area contributed by atoms with Crippen LogP contribution in [-0.2, 0) is 11.2 Å². The molecular weight excluding hydrogens is 394 g/mol. The van der Waals surface area contributed by atoms with Crippen molar-refractivity contribution < 1.29 is 24.1 Å². The van der Waals surface area contributed by atoms with E-state index in [0.717, 1.165) is 24.8 Å². The first-order valence-electron chi connectivity index (χ1n) is 10.1. The lowest BCUT2D eigenvalue weighted by Gasteiger charge is -2.30. The number of hydrogen-bond acceptors (Lipinski definition) is 5. The molecule has 166 valence electrons. The first-order chi connectivity index (χ1) is 13.5. The monoisotopic (exact) mass is 429 g/mol. The number of hydrogen-bond donors (Lipinski definition) is 2. The summed E-state index contributed by atoms with van der Waals surface area (Å²) < 4.78 is 16.6. The van der Waals surface area contributed by atoms with Gasteiger partial charge < -0.3 is 24.6 Å². The molecule has 6 nitrogen and oxygen atoms in total. The molecule has 0 aromatic heterocycles. The third-order valence-corrected chi connectivity index (χ3v) is 4.68. The lowest BCUT2D eigenvalue weighted by atomic mass is 9.94. The van der Waals surface area contributed by atoms with Crippen molar-refractivity contribution in [1.82, 2.24) is 5.32 Å². The van der Waals surface area contributed by atoms with E-state index < -0.39 is 17.2 Å². The molecule has 1 aromatic carbocycles. The SMILES string of the molecule is CCCCCOc1c(Cl)cc(CC[C@](C)(CO)NC(=O)OC(C)(C)C)cc1OC. The molecule has 0 aliphatic rings. The van der Waals surface area contributed by atoms with Crippen molar-refractivity contribution in [2.24, 2.45) is 0 Å². The largest absolute Gasteiger partial charge is 0.493 e. The standard InChI is InChI=1S/C22H36ClNO5/c1-7-8-9-12-28-19-17(23)13-16(14-18(19)27-6)10-11-22(5,15-25)24-20(26)29-21(2,3)4/h13-14,25H,7-12,15H2,1-6H3,(H,24,26)/t22-/m1/s1. The number of aryl methyl sites for hydroxylation is 1. The summed E-state index contributed by atoms with van der Waals surface area (Å²) in [5, 5.41) is 13.1. The molecule has 0 heterocycles. The lowest BCUT2D eigenvalue weighted by Crippen LogP contribution is -2.50. The van der Waals surface area contributed by atoms with E-state index in [4.69, 9.17) is 25.8 Å². The second-order valence-electron chi connectivity index (χ2n) is 8.51. The summed E-state index contributed by atoms with van der Waals surface area (Å²) in [4.78, 5) is 12.1. The Kier molecular flexibility index (Phi) is 10.1. The number of carbonyl (C=O) groups is 1. The highest BCUT2D eigenvalue weighted by Gasteiger charge is 2.28. The maximum atomic E-state index is 12.1. The molecule has 0 aliphatic carbocycles. The van der Waals surface area contributed by atoms with Crippen molar-refractivity contribution in [1.29, 1.82) is 0 Å². The third-order valence-electron chi connectivity index (χ3n) is 4.40. The number of ether oxygens (including phenoxy) is 3. The lowest BCUT2D eigenvalue weighted by molar-refractivity contribution is 0.0407. The molecule has 0 aliphatic heterocycles. The van der Waals surface area contributed by atoms with Crippen molar-refractivity contribution in [3.63, 3.8) is 0 Å². The minimum atomic E-state index is -0.822. The van der Waals surface area contributed by atoms with E-state index in [1.54, 1.807) is 34.8 Å². The Morgan fingerprint density at radius 1 is 1.21 bits per heavy atom. The number of rotatable bonds is 11. The zero-order valence-corrected chi connectivity index (χ0v) is 19.3. The number of aliphatic hydroxyl groups excluding tert-OH is 1. The number of nitrogens with one attached hydrogen (secondary N) is 1. The Balaban J connectivity index is 2.80. The third kappa shape index (κ3) is 9.13. The van der Waals surface area contributed by atoms with Crippen molar-refractivity contribution in [2.75, 3.05) is 20.3 Å². The molecule has 29 heavy (non-hydrogen) atoms. The van der Waals surface area contributed by atoms with E-state index in [1.165, 1.54) is 0 Å². The van der Waals surface area contributed by atoms with E-state index >= 15 is 0 Å². The Bertz CT molecular complexity index is 659. The Morgan fingerprint density at radius 3 is 2.45 bits per heavy atom. The molecule has 1 rings (SSSR count). The molecule has 7 heteroatoms. The van der Waals surface area contributed by atoms with Crippen molar-refractivity contribution in [3.05, 3.63) is 22.7 Å². The molecule has 0 fully saturated rings. The average Bonchev–Trinajstić information content (AvgIpc) is 2.62. The Morgan fingerprint density at radius 2 is 1.90 bits per heavy atom. The van der Waals surface area contributed by atoms with Crippen LogP contribution in [0, 0.1) is 0 Å². The van der Waals surface area contributed by atoms with Gasteiger partial charge >= 0.3 is 6.09 Å². The smallest absolute Gasteiger partial charge is 0.408 e. The Hall–Kier alpha value is -1.66. The second-order valence-corrected chi connectivity index (χ2v) is 8.92. The number of alkyl carbamates (subject to hydrolysis) is 1. The van der Waals surface area contributed by atoms with E-state index in [9.17, 15) is 9.90 Å². The summed E-state index contributed by atoms with van der Waals surface area (Å²) in [5.41, 5.74) is -0.496. The van der Waals surface area contributed by atoms with Crippen LogP contribution in [0.4, 0.5) is 4.79 Å². The van der Waals surface area contributed by atoms with Gasteiger partial charge in [-0.3, -0.25) is 0 Å². The van der Waals surface area contributed by atoms with Crippen LogP contribution in [0.2, 0.25) is 5.02 Å². The molecule has 0 spiro atoms. The van der Waals surface area contributed by atoms with Gasteiger partial charge in [0.15, 0.2) is 11.5 Å². The van der Waals surface area contributed by atoms with E-state index in [0.29, 0.717) is 36.0 Å². The van der Waals surface area contributed by atoms with Crippen LogP contribution in [0.15, 0.2) is 12.1 Å². The minimum Gasteiger partial charge on any atom is -0.493 e. The van der Waals surface area contributed by atoms with Gasteiger partial charge in [0.1, 0.15) is 5.60 Å². The normalized spacial score (nSPS) is 13.5. The van der Waals surface area contributed by atoms with Crippen LogP contribution in [0.25, 0.3) is 0 Å². The van der Waals surface area contributed by atoms with Gasteiger partial charge in [-0.15, -0.1) is 0 Å². The highest BCUT2D eigenvalue weighted by Crippen LogP contribution is 2.37. The van der Waals surface area contributed by atoms with E-state index in [1.807, 2.05) is 12.1 Å². The van der Waals surface area contributed by atoms with Crippen LogP contribution < -0.4 is 14.8 Å². The summed E-state index contributed by atoms with van der Waals surface area (Å²) in [6.07, 6.45) is 3.71. The summed E-state index contributed by atoms with van der Waals surface area (Å²) in [6.45, 7) is 9.68. The molecule has 0 saturated carbocycles. The number of halogens is 1. The van der Waals surface area contributed by atoms with Crippen molar-refractivity contribution in [2.45, 2.75) is 77.9 Å². The first-order valence-corrected chi connectivity index (χ1v) is 10.5. The van der Waals surface area contributed by atoms with Gasteiger partial charge in [0.05, 0.1) is 30.9 Å². The van der Waals surface area contributed by atoms with E-state index in [-0.39, 0.29) is 6.61 Å². The van der Waals surface area contributed by atoms with Gasteiger partial charge in [-0.1, -0.05) is 31.4 Å². The topological polar surface area (TPSA) is 77.0 Å². The van der Waals surface area contributed by atoms with Gasteiger partial charge in [0.25, 0.3) is 0 Å². The number of unbranched alkanes of at least 4 members (excludes halogenated alkanes) is 2. The predicted molar refractivity (Wildman–Crippen MR) is 116 cm³/mol. The van der Waals surface area contributed by atoms with E-state index in [2.05, 4.69) is 12.2 Å². The molecule has 0 unspecified atom stereocenters. The van der Waals surface area contributed by atoms with Gasteiger partial charge in [-0.05, 0) is 64.7 Å². The van der Waals surface area contributed by atoms with Gasteiger partial charge in [-0.25, -0.2) is 4.79 Å². The quantitative estimate of drug-likeness (QED) is 0.477. The average molecular weight is 430 g/mol. The number of aliphatic hydroxyl groups is 1. The maximum Gasteiger partial charge on any atom is 0.408 e. The zero-order valence-electron chi connectivity index (χ0n) is 18.6. The fourth-order valence-corrected chi connectivity index (χ4v) is 3.02. The predicted octanol–water partition coefficient (Wildman–Crippen LogP) is 5.13. The number of carbonyl (C=O) groups excluding carboxylic acids is 1. The number of amides is 1. The molecule has 1 aromatic rings. The highest BCUT2D eigenvalue weighted by molar-refractivity contribution is 6.32. The number of methoxy groups -OCH3 is 1. The summed E-state index contributed by atoms with van der Waals surface area (Å²) in [6, 6.07) is 3.72. The fraction of sp³-hybridized carbons (Fsp3) is 0.682. The first kappa shape index (κ1) is 25.4. The van der Waals surface area contributed by atoms with Crippen LogP contribution in [0.1, 0.15) is 65.9 Å². The van der Waals surface area contributed by atoms with Gasteiger partial charge in [-0.2, -0.15) is 0 Å². The summed E-state index contributed by atoms with van der Waals surface area (Å²) >= 11 is 6.42. The van der Waals surface area contributed by atoms with Gasteiger partial charge in [0.2, 0.25) is 0 Å². The molecular formula is C22H36ClNO5. The molecule has 0 radical (unpaired) electrons. The summed E-state index contributed by atoms with van der Waals surface area (Å²) in [5.74, 6) is 1.13. The molecule has 2 N–H and O–H groups in total. The molecule has 0 saturated heterocycles. The Labute approximate surface area is 179 Å².